The first kappa shape index (κ1) is 25.2. The molecule has 0 saturated carbocycles. The van der Waals surface area contributed by atoms with Gasteiger partial charge in [0.15, 0.2) is 13.2 Å². The van der Waals surface area contributed by atoms with E-state index in [9.17, 15) is 32.7 Å². The molecular formula is C17H20F3N5O6S. The smallest absolute Gasteiger partial charge is 0.430 e. The third-order valence-corrected chi connectivity index (χ3v) is 5.95. The lowest BCUT2D eigenvalue weighted by Crippen LogP contribution is -2.68. The van der Waals surface area contributed by atoms with E-state index in [-0.39, 0.29) is 17.0 Å². The van der Waals surface area contributed by atoms with Crippen molar-refractivity contribution in [2.45, 2.75) is 30.6 Å². The Labute approximate surface area is 183 Å². The summed E-state index contributed by atoms with van der Waals surface area (Å²) in [5.41, 5.74) is 7.51. The minimum Gasteiger partial charge on any atom is -0.542 e. The van der Waals surface area contributed by atoms with Gasteiger partial charge in [0.1, 0.15) is 29.6 Å². The van der Waals surface area contributed by atoms with Gasteiger partial charge in [-0.25, -0.2) is 4.79 Å². The molecular weight excluding hydrogens is 459 g/mol. The number of alkyl halides is 3. The molecule has 2 aliphatic heterocycles. The van der Waals surface area contributed by atoms with Crippen molar-refractivity contribution in [3.05, 3.63) is 29.2 Å². The van der Waals surface area contributed by atoms with Gasteiger partial charge in [-0.05, 0) is 12.0 Å². The second kappa shape index (κ2) is 10.0. The van der Waals surface area contributed by atoms with Crippen LogP contribution < -0.4 is 20.8 Å². The molecule has 4 N–H and O–H groups in total. The third-order valence-electron chi connectivity index (χ3n) is 4.59. The number of nitrogens with zero attached hydrogens (tertiary/aromatic N) is 3. The lowest BCUT2D eigenvalue weighted by molar-refractivity contribution is -0.753. The van der Waals surface area contributed by atoms with Crippen molar-refractivity contribution in [3.63, 3.8) is 0 Å². The van der Waals surface area contributed by atoms with Crippen LogP contribution in [0, 0.1) is 0 Å². The molecule has 2 amide bonds. The van der Waals surface area contributed by atoms with Crippen LogP contribution in [0.1, 0.15) is 5.56 Å². The van der Waals surface area contributed by atoms with Crippen molar-refractivity contribution in [3.8, 4) is 0 Å². The zero-order valence-corrected chi connectivity index (χ0v) is 17.5. The number of halogens is 3. The highest BCUT2D eigenvalue weighted by atomic mass is 32.2. The standard InChI is InChI=1S/C15H19N5O4S.C2HF3O2/c1-18-4-9(2-3-17-8-21)5-19(18)6-10-7-25-14-11(16)13(22)20(14)12(10)15(23)24;3-2(4,5)1(6)7/h4-5,8,11,14H,2-3,6-7,16H2,1H3,(H-,17,21,23,24);(H,6,7)/t11-,14-;/m1./s1. The van der Waals surface area contributed by atoms with Crippen LogP contribution in [-0.2, 0) is 39.2 Å². The highest BCUT2D eigenvalue weighted by Crippen LogP contribution is 2.39. The van der Waals surface area contributed by atoms with E-state index in [1.165, 1.54) is 16.7 Å². The van der Waals surface area contributed by atoms with Gasteiger partial charge in [0.25, 0.3) is 0 Å². The summed E-state index contributed by atoms with van der Waals surface area (Å²) in [6.45, 7) is 0.909. The Morgan fingerprint density at radius 3 is 2.62 bits per heavy atom. The summed E-state index contributed by atoms with van der Waals surface area (Å²) >= 11 is 1.49. The molecule has 3 heterocycles. The number of fused-ring (bicyclic) bond motifs is 1. The highest BCUT2D eigenvalue weighted by molar-refractivity contribution is 8.00. The number of aromatic nitrogens is 2. The summed E-state index contributed by atoms with van der Waals surface area (Å²) in [4.78, 5) is 44.1. The number of nitrogens with one attached hydrogen (secondary N) is 1. The molecule has 11 nitrogen and oxygen atoms in total. The second-order valence-electron chi connectivity index (χ2n) is 6.80. The van der Waals surface area contributed by atoms with Crippen LogP contribution in [0.15, 0.2) is 23.7 Å². The SMILES string of the molecule is C[n+]1cc(CCNC=O)cn1CC1=C(C(=O)O)N2C(=O)[C@@H](N)[C@H]2SC1.O=C([O-])C(F)(F)F. The fourth-order valence-electron chi connectivity index (χ4n) is 3.09. The van der Waals surface area contributed by atoms with Crippen LogP contribution in [0.5, 0.6) is 0 Å². The minimum absolute atomic E-state index is 0.0494. The van der Waals surface area contributed by atoms with E-state index in [2.05, 4.69) is 5.32 Å². The molecule has 0 radical (unpaired) electrons. The Morgan fingerprint density at radius 1 is 1.47 bits per heavy atom. The Kier molecular flexibility index (Phi) is 7.90. The molecule has 2 atom stereocenters. The number of thioether (sulfide) groups is 1. The normalized spacial score (nSPS) is 20.0. The summed E-state index contributed by atoms with van der Waals surface area (Å²) in [6, 6.07) is -0.625. The van der Waals surface area contributed by atoms with E-state index >= 15 is 0 Å². The molecule has 2 aliphatic rings. The van der Waals surface area contributed by atoms with Gasteiger partial charge in [0, 0.05) is 17.9 Å². The molecule has 3 rings (SSSR count). The van der Waals surface area contributed by atoms with Crippen LogP contribution in [0.2, 0.25) is 0 Å². The Hall–Kier alpha value is -3.07. The van der Waals surface area contributed by atoms with Crippen molar-refractivity contribution >= 4 is 36.0 Å². The summed E-state index contributed by atoms with van der Waals surface area (Å²) < 4.78 is 35.3. The zero-order chi connectivity index (χ0) is 24.2. The number of carboxylic acids is 2. The number of nitrogens with two attached hydrogens (primary N) is 1. The first-order chi connectivity index (χ1) is 14.9. The molecule has 1 aromatic heterocycles. The quantitative estimate of drug-likeness (QED) is 0.167. The molecule has 0 spiro atoms. The maximum absolute atomic E-state index is 12.0. The van der Waals surface area contributed by atoms with Gasteiger partial charge in [0.2, 0.25) is 12.3 Å². The third kappa shape index (κ3) is 5.59. The average molecular weight is 479 g/mol. The fraction of sp³-hybridized carbons (Fsp3) is 0.471. The summed E-state index contributed by atoms with van der Waals surface area (Å²) in [6.07, 6.45) is -0.0115. The molecule has 1 fully saturated rings. The van der Waals surface area contributed by atoms with Crippen LogP contribution in [0.4, 0.5) is 13.2 Å². The molecule has 0 unspecified atom stereocenters. The molecule has 15 heteroatoms. The van der Waals surface area contributed by atoms with Gasteiger partial charge in [-0.15, -0.1) is 16.4 Å². The van der Waals surface area contributed by atoms with E-state index in [0.717, 1.165) is 5.56 Å². The first-order valence-electron chi connectivity index (χ1n) is 9.04. The molecule has 1 aromatic rings. The number of aryl methyl sites for hydroxylation is 1. The van der Waals surface area contributed by atoms with Crippen molar-refractivity contribution in [2.24, 2.45) is 12.8 Å². The van der Waals surface area contributed by atoms with Crippen LogP contribution in [0.3, 0.4) is 0 Å². The summed E-state index contributed by atoms with van der Waals surface area (Å²) in [5, 5.41) is 20.7. The maximum Gasteiger partial charge on any atom is 0.430 e. The fourth-order valence-corrected chi connectivity index (χ4v) is 4.37. The number of carbonyl (C=O) groups excluding carboxylic acids is 3. The predicted molar refractivity (Wildman–Crippen MR) is 100 cm³/mol. The number of hydrogen-bond donors (Lipinski definition) is 3. The molecule has 176 valence electrons. The number of β-lactam (4-membered cyclic amide) rings is 1. The van der Waals surface area contributed by atoms with Crippen LogP contribution in [-0.4, -0.2) is 68.8 Å². The largest absolute Gasteiger partial charge is 0.542 e. The first-order valence-corrected chi connectivity index (χ1v) is 10.1. The Bertz CT molecular complexity index is 948. The van der Waals surface area contributed by atoms with Gasteiger partial charge in [0.05, 0.1) is 6.20 Å². The van der Waals surface area contributed by atoms with E-state index < -0.39 is 24.2 Å². The van der Waals surface area contributed by atoms with E-state index in [1.54, 1.807) is 0 Å². The molecule has 0 aliphatic carbocycles. The van der Waals surface area contributed by atoms with Gasteiger partial charge < -0.3 is 26.1 Å². The minimum atomic E-state index is -5.19. The van der Waals surface area contributed by atoms with Gasteiger partial charge in [-0.2, -0.15) is 17.9 Å². The van der Waals surface area contributed by atoms with Gasteiger partial charge in [-0.3, -0.25) is 14.5 Å². The van der Waals surface area contributed by atoms with Crippen molar-refractivity contribution < 1.29 is 47.2 Å². The number of carboxylic acid groups (broad SMARTS) is 2. The van der Waals surface area contributed by atoms with Crippen molar-refractivity contribution in [1.29, 1.82) is 0 Å². The zero-order valence-electron chi connectivity index (χ0n) is 16.7. The monoisotopic (exact) mass is 479 g/mol. The average Bonchev–Trinajstić information content (AvgIpc) is 3.05. The maximum atomic E-state index is 12.0. The van der Waals surface area contributed by atoms with E-state index in [1.807, 2.05) is 28.8 Å². The van der Waals surface area contributed by atoms with Crippen LogP contribution >= 0.6 is 11.8 Å². The number of aliphatic carboxylic acids is 2. The molecule has 0 bridgehead atoms. The topological polar surface area (TPSA) is 162 Å². The Balaban J connectivity index is 0.000000451. The molecule has 32 heavy (non-hydrogen) atoms. The predicted octanol–water partition coefficient (Wildman–Crippen LogP) is -2.52. The van der Waals surface area contributed by atoms with Gasteiger partial charge >= 0.3 is 12.1 Å². The molecule has 0 aromatic carbocycles. The number of hydrogen-bond acceptors (Lipinski definition) is 7. The van der Waals surface area contributed by atoms with Crippen molar-refractivity contribution in [2.75, 3.05) is 12.3 Å². The number of amides is 2. The van der Waals surface area contributed by atoms with Crippen LogP contribution in [0.25, 0.3) is 0 Å². The lowest BCUT2D eigenvalue weighted by Gasteiger charge is -2.47. The molecule has 1 saturated heterocycles. The second-order valence-corrected chi connectivity index (χ2v) is 7.91. The lowest BCUT2D eigenvalue weighted by atomic mass is 10.0. The van der Waals surface area contributed by atoms with Crippen molar-refractivity contribution in [1.82, 2.24) is 14.9 Å². The number of carbonyl (C=O) groups is 4. The van der Waals surface area contributed by atoms with E-state index in [4.69, 9.17) is 15.6 Å². The highest BCUT2D eigenvalue weighted by Gasteiger charge is 2.51. The summed E-state index contributed by atoms with van der Waals surface area (Å²) in [7, 11) is 1.86. The number of rotatable bonds is 7. The Morgan fingerprint density at radius 2 is 2.09 bits per heavy atom. The van der Waals surface area contributed by atoms with Gasteiger partial charge in [-0.1, -0.05) is 0 Å². The summed E-state index contributed by atoms with van der Waals surface area (Å²) in [5.74, 6) is -3.94. The van der Waals surface area contributed by atoms with E-state index in [0.29, 0.717) is 37.2 Å².